The number of carbonyl (C=O) groups is 1. The summed E-state index contributed by atoms with van der Waals surface area (Å²) in [6, 6.07) is 10.3. The summed E-state index contributed by atoms with van der Waals surface area (Å²) in [6.45, 7) is 0.973. The number of hydrogen-bond donors (Lipinski definition) is 2. The van der Waals surface area contributed by atoms with E-state index in [-0.39, 0.29) is 40.0 Å². The molecule has 5 rings (SSSR count). The van der Waals surface area contributed by atoms with Crippen molar-refractivity contribution in [1.82, 2.24) is 9.97 Å². The number of rotatable bonds is 6. The molecule has 1 aromatic heterocycles. The van der Waals surface area contributed by atoms with Gasteiger partial charge < -0.3 is 15.3 Å². The number of halogens is 2. The van der Waals surface area contributed by atoms with E-state index in [0.29, 0.717) is 44.0 Å². The molecule has 0 saturated heterocycles. The minimum Gasteiger partial charge on any atom is -0.481 e. The van der Waals surface area contributed by atoms with Crippen LogP contribution in [-0.4, -0.2) is 48.3 Å². The van der Waals surface area contributed by atoms with Gasteiger partial charge in [0.2, 0.25) is 5.95 Å². The number of hydrogen-bond acceptors (Lipinski definition) is 7. The molecule has 0 radical (unpaired) electrons. The van der Waals surface area contributed by atoms with Gasteiger partial charge in [-0.2, -0.15) is 4.98 Å². The SMILES string of the molecule is O=C(O)Cc1ccc(Nc2nc(N3CC=C(c4cccc(F)c4)CC3)nc3c2S(=O)(=O)CCC3)c(F)c1. The third-order valence-corrected chi connectivity index (χ3v) is 8.27. The van der Waals surface area contributed by atoms with Crippen LogP contribution in [0.2, 0.25) is 0 Å². The highest BCUT2D eigenvalue weighted by Gasteiger charge is 2.31. The monoisotopic (exact) mass is 526 g/mol. The molecule has 0 bridgehead atoms. The van der Waals surface area contributed by atoms with Gasteiger partial charge in [0, 0.05) is 13.1 Å². The van der Waals surface area contributed by atoms with Gasteiger partial charge in [-0.15, -0.1) is 0 Å². The van der Waals surface area contributed by atoms with Crippen molar-refractivity contribution in [2.45, 2.75) is 30.6 Å². The number of aromatic nitrogens is 2. The number of nitrogens with zero attached hydrogens (tertiary/aromatic N) is 3. The number of carboxylic acid groups (broad SMARTS) is 1. The molecular weight excluding hydrogens is 502 g/mol. The summed E-state index contributed by atoms with van der Waals surface area (Å²) in [5, 5.41) is 11.8. The zero-order valence-corrected chi connectivity index (χ0v) is 20.6. The zero-order chi connectivity index (χ0) is 26.2. The standard InChI is InChI=1S/C26H24F2N4O4S/c27-19-4-1-3-18(15-19)17-8-10-32(11-9-17)26-30-22-5-2-12-37(35,36)24(22)25(31-26)29-21-7-6-16(13-20(21)28)14-23(33)34/h1,3-4,6-8,13,15H,2,5,9-12,14H2,(H,33,34)(H,29,30,31). The fourth-order valence-electron chi connectivity index (χ4n) is 4.61. The van der Waals surface area contributed by atoms with Gasteiger partial charge in [0.25, 0.3) is 0 Å². The Hall–Kier alpha value is -3.86. The Bertz CT molecular complexity index is 1520. The Kier molecular flexibility index (Phi) is 6.63. The van der Waals surface area contributed by atoms with Crippen LogP contribution in [0.1, 0.15) is 29.7 Å². The molecule has 3 aromatic rings. The van der Waals surface area contributed by atoms with E-state index in [9.17, 15) is 22.0 Å². The number of nitrogens with one attached hydrogen (secondary N) is 1. The molecule has 2 aliphatic rings. The maximum absolute atomic E-state index is 14.8. The number of carboxylic acids is 1. The molecule has 8 nitrogen and oxygen atoms in total. The molecule has 2 aromatic carbocycles. The van der Waals surface area contributed by atoms with Crippen molar-refractivity contribution in [3.63, 3.8) is 0 Å². The van der Waals surface area contributed by atoms with Gasteiger partial charge in [0.15, 0.2) is 15.7 Å². The summed E-state index contributed by atoms with van der Waals surface area (Å²) in [7, 11) is -3.68. The third kappa shape index (κ3) is 5.31. The molecular formula is C26H24F2N4O4S. The minimum atomic E-state index is -3.68. The molecule has 0 atom stereocenters. The third-order valence-electron chi connectivity index (χ3n) is 6.39. The maximum atomic E-state index is 14.8. The highest BCUT2D eigenvalue weighted by molar-refractivity contribution is 7.91. The van der Waals surface area contributed by atoms with Crippen LogP contribution in [0.3, 0.4) is 0 Å². The quantitative estimate of drug-likeness (QED) is 0.493. The topological polar surface area (TPSA) is 112 Å². The summed E-state index contributed by atoms with van der Waals surface area (Å²) < 4.78 is 54.3. The molecule has 0 spiro atoms. The largest absolute Gasteiger partial charge is 0.481 e. The number of anilines is 3. The van der Waals surface area contributed by atoms with Crippen LogP contribution >= 0.6 is 0 Å². The molecule has 0 aliphatic carbocycles. The zero-order valence-electron chi connectivity index (χ0n) is 19.7. The molecule has 0 amide bonds. The molecule has 0 fully saturated rings. The summed E-state index contributed by atoms with van der Waals surface area (Å²) >= 11 is 0. The lowest BCUT2D eigenvalue weighted by Gasteiger charge is -2.29. The van der Waals surface area contributed by atoms with Crippen molar-refractivity contribution < 1.29 is 27.1 Å². The lowest BCUT2D eigenvalue weighted by molar-refractivity contribution is -0.136. The Morgan fingerprint density at radius 1 is 1.11 bits per heavy atom. The Morgan fingerprint density at radius 3 is 2.65 bits per heavy atom. The van der Waals surface area contributed by atoms with E-state index in [2.05, 4.69) is 15.3 Å². The molecule has 192 valence electrons. The minimum absolute atomic E-state index is 0.00973. The van der Waals surface area contributed by atoms with E-state index in [1.165, 1.54) is 24.3 Å². The van der Waals surface area contributed by atoms with Crippen LogP contribution in [0.5, 0.6) is 0 Å². The van der Waals surface area contributed by atoms with Crippen molar-refractivity contribution in [2.24, 2.45) is 0 Å². The Morgan fingerprint density at radius 2 is 1.95 bits per heavy atom. The summed E-state index contributed by atoms with van der Waals surface area (Å²) in [5.41, 5.74) is 2.44. The van der Waals surface area contributed by atoms with Crippen molar-refractivity contribution in [2.75, 3.05) is 29.1 Å². The smallest absolute Gasteiger partial charge is 0.307 e. The van der Waals surface area contributed by atoms with Crippen LogP contribution in [0, 0.1) is 11.6 Å². The molecule has 2 aliphatic heterocycles. The predicted molar refractivity (Wildman–Crippen MR) is 135 cm³/mol. The van der Waals surface area contributed by atoms with Crippen LogP contribution in [0.15, 0.2) is 53.4 Å². The first-order valence-electron chi connectivity index (χ1n) is 11.8. The van der Waals surface area contributed by atoms with Gasteiger partial charge in [-0.1, -0.05) is 24.3 Å². The molecule has 3 heterocycles. The average Bonchev–Trinajstić information content (AvgIpc) is 2.85. The van der Waals surface area contributed by atoms with E-state index in [4.69, 9.17) is 5.11 Å². The lowest BCUT2D eigenvalue weighted by Crippen LogP contribution is -2.31. The first kappa shape index (κ1) is 24.8. The molecule has 37 heavy (non-hydrogen) atoms. The van der Waals surface area contributed by atoms with E-state index in [1.807, 2.05) is 17.0 Å². The van der Waals surface area contributed by atoms with Crippen molar-refractivity contribution in [3.8, 4) is 0 Å². The number of sulfone groups is 1. The van der Waals surface area contributed by atoms with Crippen LogP contribution in [-0.2, 0) is 27.5 Å². The van der Waals surface area contributed by atoms with Gasteiger partial charge in [-0.25, -0.2) is 22.2 Å². The summed E-state index contributed by atoms with van der Waals surface area (Å²) in [6.07, 6.45) is 3.11. The van der Waals surface area contributed by atoms with Gasteiger partial charge >= 0.3 is 5.97 Å². The summed E-state index contributed by atoms with van der Waals surface area (Å²) in [4.78, 5) is 21.9. The first-order chi connectivity index (χ1) is 17.7. The van der Waals surface area contributed by atoms with Gasteiger partial charge in [0.1, 0.15) is 16.5 Å². The average molecular weight is 527 g/mol. The van der Waals surface area contributed by atoms with E-state index in [1.54, 1.807) is 6.07 Å². The van der Waals surface area contributed by atoms with Crippen molar-refractivity contribution >= 4 is 38.8 Å². The van der Waals surface area contributed by atoms with Crippen molar-refractivity contribution in [1.29, 1.82) is 0 Å². The fourth-order valence-corrected chi connectivity index (χ4v) is 6.24. The van der Waals surface area contributed by atoms with Gasteiger partial charge in [-0.05, 0) is 60.2 Å². The fraction of sp³-hybridized carbons (Fsp3) is 0.269. The van der Waals surface area contributed by atoms with E-state index >= 15 is 0 Å². The normalized spacial score (nSPS) is 16.6. The predicted octanol–water partition coefficient (Wildman–Crippen LogP) is 4.14. The molecule has 2 N–H and O–H groups in total. The molecule has 11 heteroatoms. The van der Waals surface area contributed by atoms with E-state index in [0.717, 1.165) is 17.2 Å². The highest BCUT2D eigenvalue weighted by atomic mass is 32.2. The second kappa shape index (κ2) is 9.89. The van der Waals surface area contributed by atoms with Crippen LogP contribution in [0.4, 0.5) is 26.2 Å². The van der Waals surface area contributed by atoms with Crippen LogP contribution < -0.4 is 10.2 Å². The van der Waals surface area contributed by atoms with E-state index < -0.39 is 21.6 Å². The second-order valence-corrected chi connectivity index (χ2v) is 11.1. The number of aryl methyl sites for hydroxylation is 1. The Balaban J connectivity index is 1.48. The molecule has 0 unspecified atom stereocenters. The highest BCUT2D eigenvalue weighted by Crippen LogP contribution is 2.34. The van der Waals surface area contributed by atoms with Crippen LogP contribution in [0.25, 0.3) is 5.57 Å². The van der Waals surface area contributed by atoms with Crippen molar-refractivity contribution in [3.05, 3.63) is 77.0 Å². The number of fused-ring (bicyclic) bond motifs is 1. The molecule has 0 saturated carbocycles. The number of aliphatic carboxylic acids is 1. The first-order valence-corrected chi connectivity index (χ1v) is 13.5. The maximum Gasteiger partial charge on any atom is 0.307 e. The summed E-state index contributed by atoms with van der Waals surface area (Å²) in [5.74, 6) is -1.86. The number of benzene rings is 2. The van der Waals surface area contributed by atoms with Gasteiger partial charge in [0.05, 0.1) is 23.6 Å². The lowest BCUT2D eigenvalue weighted by atomic mass is 9.99. The second-order valence-electron chi connectivity index (χ2n) is 9.02. The van der Waals surface area contributed by atoms with Gasteiger partial charge in [-0.3, -0.25) is 4.79 Å². The Labute approximate surface area is 212 Å².